The molecule has 0 unspecified atom stereocenters. The third-order valence-electron chi connectivity index (χ3n) is 9.40. The Labute approximate surface area is 323 Å². The Morgan fingerprint density at radius 1 is 0.593 bits per heavy atom. The normalized spacial score (nSPS) is 16.9. The Hall–Kier alpha value is -5.46. The van der Waals surface area contributed by atoms with Crippen LogP contribution in [-0.2, 0) is 9.59 Å². The average molecular weight is 759 g/mol. The van der Waals surface area contributed by atoms with E-state index in [1.54, 1.807) is 35.1 Å². The number of ether oxygens (including phenoxy) is 2. The van der Waals surface area contributed by atoms with Gasteiger partial charge < -0.3 is 19.3 Å². The quantitative estimate of drug-likeness (QED) is 0.137. The highest BCUT2D eigenvalue weighted by molar-refractivity contribution is 7.13. The number of piperidine rings is 2. The minimum absolute atomic E-state index is 0.0134. The molecule has 12 heteroatoms. The van der Waals surface area contributed by atoms with Crippen LogP contribution in [0.2, 0.25) is 0 Å². The second-order valence-electron chi connectivity index (χ2n) is 13.0. The van der Waals surface area contributed by atoms with Crippen LogP contribution in [0.1, 0.15) is 62.0 Å². The number of benzene rings is 2. The van der Waals surface area contributed by atoms with Gasteiger partial charge in [0.05, 0.1) is 23.5 Å². The molecule has 2 aliphatic rings. The Bertz CT molecular complexity index is 1910. The van der Waals surface area contributed by atoms with Crippen molar-refractivity contribution in [3.63, 3.8) is 0 Å². The summed E-state index contributed by atoms with van der Waals surface area (Å²) in [6.45, 7) is 1.61. The van der Waals surface area contributed by atoms with Crippen molar-refractivity contribution in [2.24, 2.45) is 0 Å². The van der Waals surface area contributed by atoms with Crippen molar-refractivity contribution in [2.45, 2.75) is 50.6 Å². The Morgan fingerprint density at radius 3 is 1.44 bits per heavy atom. The van der Waals surface area contributed by atoms with E-state index in [-0.39, 0.29) is 37.1 Å². The van der Waals surface area contributed by atoms with Gasteiger partial charge in [0.15, 0.2) is 13.2 Å². The van der Waals surface area contributed by atoms with Gasteiger partial charge in [0.2, 0.25) is 0 Å². The second-order valence-corrected chi connectivity index (χ2v) is 14.8. The molecule has 8 rings (SSSR count). The van der Waals surface area contributed by atoms with Crippen molar-refractivity contribution >= 4 is 34.5 Å². The summed E-state index contributed by atoms with van der Waals surface area (Å²) in [5, 5.41) is 6.01. The molecule has 0 radical (unpaired) electrons. The predicted molar refractivity (Wildman–Crippen MR) is 211 cm³/mol. The summed E-state index contributed by atoms with van der Waals surface area (Å²) in [7, 11) is 0. The zero-order chi connectivity index (χ0) is 37.0. The number of para-hydroxylation sites is 2. The van der Waals surface area contributed by atoms with E-state index in [2.05, 4.69) is 20.7 Å². The van der Waals surface area contributed by atoms with Gasteiger partial charge in [-0.25, -0.2) is 9.97 Å². The predicted octanol–water partition coefficient (Wildman–Crippen LogP) is 8.68. The zero-order valence-electron chi connectivity index (χ0n) is 29.9. The number of amides is 2. The lowest BCUT2D eigenvalue weighted by atomic mass is 10.00. The van der Waals surface area contributed by atoms with Crippen LogP contribution in [0.4, 0.5) is 0 Å². The first-order chi connectivity index (χ1) is 26.6. The fourth-order valence-corrected chi connectivity index (χ4v) is 8.40. The summed E-state index contributed by atoms with van der Waals surface area (Å²) in [6.07, 6.45) is 13.3. The molecule has 2 aliphatic heterocycles. The number of aromatic nitrogens is 4. The van der Waals surface area contributed by atoms with E-state index < -0.39 is 0 Å². The van der Waals surface area contributed by atoms with E-state index in [1.807, 2.05) is 107 Å². The van der Waals surface area contributed by atoms with Gasteiger partial charge in [-0.1, -0.05) is 36.4 Å². The number of nitrogens with zero attached hydrogens (tertiary/aromatic N) is 6. The highest BCUT2D eigenvalue weighted by Crippen LogP contribution is 2.35. The largest absolute Gasteiger partial charge is 0.484 e. The highest BCUT2D eigenvalue weighted by Gasteiger charge is 2.31. The number of rotatable bonds is 10. The first-order valence-corrected chi connectivity index (χ1v) is 20.0. The molecule has 2 aromatic carbocycles. The third-order valence-corrected chi connectivity index (χ3v) is 11.2. The van der Waals surface area contributed by atoms with Crippen LogP contribution in [-0.4, -0.2) is 67.9 Å². The van der Waals surface area contributed by atoms with Gasteiger partial charge in [0.1, 0.15) is 21.5 Å². The van der Waals surface area contributed by atoms with Crippen molar-refractivity contribution in [1.82, 2.24) is 29.7 Å². The molecule has 54 heavy (non-hydrogen) atoms. The van der Waals surface area contributed by atoms with Crippen LogP contribution in [0.25, 0.3) is 21.1 Å². The first-order valence-electron chi connectivity index (χ1n) is 18.3. The van der Waals surface area contributed by atoms with Gasteiger partial charge in [0, 0.05) is 59.8 Å². The van der Waals surface area contributed by atoms with Crippen molar-refractivity contribution in [3.8, 4) is 32.6 Å². The van der Waals surface area contributed by atoms with Crippen molar-refractivity contribution in [3.05, 3.63) is 132 Å². The Balaban J connectivity index is 0.000000167. The lowest BCUT2D eigenvalue weighted by Crippen LogP contribution is -2.41. The van der Waals surface area contributed by atoms with Crippen LogP contribution in [0.15, 0.2) is 120 Å². The van der Waals surface area contributed by atoms with E-state index in [0.29, 0.717) is 11.5 Å². The number of carbonyl (C=O) groups excluding carboxylic acids is 2. The average Bonchev–Trinajstić information content (AvgIpc) is 3.95. The molecule has 0 N–H and O–H groups in total. The lowest BCUT2D eigenvalue weighted by Gasteiger charge is -2.34. The maximum atomic E-state index is 12.8. The van der Waals surface area contributed by atoms with Gasteiger partial charge in [-0.2, -0.15) is 0 Å². The summed E-state index contributed by atoms with van der Waals surface area (Å²) >= 11 is 3.20. The smallest absolute Gasteiger partial charge is 0.261 e. The lowest BCUT2D eigenvalue weighted by molar-refractivity contribution is -0.138. The standard InChI is InChI=1S/2C21H21N3O2S/c2*25-20(14-26-17-8-2-1-3-9-17)24-12-5-4-10-19(24)18-15-27-21(23-18)16-7-6-11-22-13-16/h2*1-3,6-9,11,13,15,19H,4-5,10,12,14H2/t2*19-/m11/s1. The number of likely N-dealkylation sites (tertiary alicyclic amines) is 2. The van der Waals surface area contributed by atoms with E-state index in [0.717, 1.165) is 84.1 Å². The molecular formula is C42H42N6O4S2. The van der Waals surface area contributed by atoms with Gasteiger partial charge in [0.25, 0.3) is 11.8 Å². The number of pyridine rings is 2. The monoisotopic (exact) mass is 758 g/mol. The van der Waals surface area contributed by atoms with Gasteiger partial charge in [-0.3, -0.25) is 19.6 Å². The van der Waals surface area contributed by atoms with Crippen LogP contribution in [0, 0.1) is 0 Å². The fourth-order valence-electron chi connectivity index (χ4n) is 6.69. The van der Waals surface area contributed by atoms with Crippen LogP contribution < -0.4 is 9.47 Å². The number of carbonyl (C=O) groups is 2. The molecule has 0 spiro atoms. The molecule has 2 saturated heterocycles. The molecule has 2 amide bonds. The van der Waals surface area contributed by atoms with Crippen molar-refractivity contribution in [1.29, 1.82) is 0 Å². The molecule has 2 atom stereocenters. The molecule has 6 heterocycles. The summed E-state index contributed by atoms with van der Waals surface area (Å²) in [5.41, 5.74) is 3.95. The Kier molecular flexibility index (Phi) is 12.7. The molecule has 0 saturated carbocycles. The summed E-state index contributed by atoms with van der Waals surface area (Å²) in [4.78, 5) is 47.4. The molecule has 276 valence electrons. The third kappa shape index (κ3) is 9.55. The van der Waals surface area contributed by atoms with E-state index >= 15 is 0 Å². The highest BCUT2D eigenvalue weighted by atomic mass is 32.1. The van der Waals surface area contributed by atoms with Crippen molar-refractivity contribution in [2.75, 3.05) is 26.3 Å². The summed E-state index contributed by atoms with van der Waals surface area (Å²) < 4.78 is 11.3. The van der Waals surface area contributed by atoms with E-state index in [4.69, 9.17) is 19.4 Å². The van der Waals surface area contributed by atoms with Gasteiger partial charge >= 0.3 is 0 Å². The minimum Gasteiger partial charge on any atom is -0.484 e. The first kappa shape index (κ1) is 36.9. The van der Waals surface area contributed by atoms with Crippen LogP contribution in [0.3, 0.4) is 0 Å². The molecule has 0 bridgehead atoms. The number of thiazole rings is 2. The second kappa shape index (κ2) is 18.5. The molecule has 6 aromatic rings. The zero-order valence-corrected chi connectivity index (χ0v) is 31.5. The SMILES string of the molecule is O=C(COc1ccccc1)N1CCCC[C@@H]1c1csc(-c2cccnc2)n1.O=C(COc1ccccc1)N1CCCC[C@@H]1c1csc(-c2cccnc2)n1. The summed E-state index contributed by atoms with van der Waals surface area (Å²) in [5.74, 6) is 1.46. The van der Waals surface area contributed by atoms with E-state index in [1.165, 1.54) is 0 Å². The van der Waals surface area contributed by atoms with Gasteiger partial charge in [-0.15, -0.1) is 22.7 Å². The molecular weight excluding hydrogens is 717 g/mol. The van der Waals surface area contributed by atoms with Crippen LogP contribution in [0.5, 0.6) is 11.5 Å². The Morgan fingerprint density at radius 2 is 1.04 bits per heavy atom. The van der Waals surface area contributed by atoms with Gasteiger partial charge in [-0.05, 0) is 87.1 Å². The molecule has 10 nitrogen and oxygen atoms in total. The van der Waals surface area contributed by atoms with E-state index in [9.17, 15) is 9.59 Å². The maximum absolute atomic E-state index is 12.8. The molecule has 0 aliphatic carbocycles. The maximum Gasteiger partial charge on any atom is 0.261 e. The summed E-state index contributed by atoms with van der Waals surface area (Å²) in [6, 6.07) is 26.8. The molecule has 4 aromatic heterocycles. The molecule has 2 fully saturated rings. The van der Waals surface area contributed by atoms with Crippen molar-refractivity contribution < 1.29 is 19.1 Å². The fraction of sp³-hybridized carbons (Fsp3) is 0.286. The minimum atomic E-state index is 0.0134. The van der Waals surface area contributed by atoms with Crippen LogP contribution >= 0.6 is 22.7 Å². The number of hydrogen-bond acceptors (Lipinski definition) is 10. The topological polar surface area (TPSA) is 111 Å². The number of hydrogen-bond donors (Lipinski definition) is 0.